The van der Waals surface area contributed by atoms with Crippen LogP contribution in [0.4, 0.5) is 0 Å². The van der Waals surface area contributed by atoms with E-state index in [2.05, 4.69) is 4.98 Å². The molecular formula is C22H24N2O3. The Bertz CT molecular complexity index is 934. The number of carbonyl (C=O) groups is 1. The van der Waals surface area contributed by atoms with Crippen LogP contribution in [0.5, 0.6) is 11.5 Å². The van der Waals surface area contributed by atoms with Crippen LogP contribution in [0.1, 0.15) is 23.2 Å². The number of fused-ring (bicyclic) bond motifs is 1. The number of nitrogens with zero attached hydrogens (tertiary/aromatic N) is 1. The molecule has 1 N–H and O–H groups in total. The van der Waals surface area contributed by atoms with Crippen LogP contribution < -0.4 is 9.47 Å². The first kappa shape index (κ1) is 17.5. The molecule has 0 aliphatic carbocycles. The number of carbonyl (C=O) groups excluding carboxylic acids is 1. The number of aromatic amines is 1. The summed E-state index contributed by atoms with van der Waals surface area (Å²) in [4.78, 5) is 18.0. The maximum atomic E-state index is 12.9. The number of likely N-dealkylation sites (tertiary alicyclic amines) is 1. The molecule has 1 aliphatic rings. The molecule has 0 spiro atoms. The summed E-state index contributed by atoms with van der Waals surface area (Å²) in [6.45, 7) is 2.14. The molecule has 0 bridgehead atoms. The van der Waals surface area contributed by atoms with Crippen molar-refractivity contribution in [1.29, 1.82) is 0 Å². The number of nitrogens with one attached hydrogen (secondary N) is 1. The molecule has 1 saturated heterocycles. The molecule has 5 heteroatoms. The molecule has 27 heavy (non-hydrogen) atoms. The number of ether oxygens (including phenoxy) is 2. The van der Waals surface area contributed by atoms with Gasteiger partial charge in [-0.2, -0.15) is 0 Å². The van der Waals surface area contributed by atoms with Gasteiger partial charge < -0.3 is 19.4 Å². The van der Waals surface area contributed by atoms with Gasteiger partial charge in [0, 0.05) is 47.7 Å². The minimum absolute atomic E-state index is 0.101. The molecule has 0 radical (unpaired) electrons. The van der Waals surface area contributed by atoms with E-state index in [0.29, 0.717) is 12.5 Å². The second-order valence-corrected chi connectivity index (χ2v) is 7.03. The lowest BCUT2D eigenvalue weighted by atomic mass is 9.98. The highest BCUT2D eigenvalue weighted by atomic mass is 16.5. The summed E-state index contributed by atoms with van der Waals surface area (Å²) in [5.74, 6) is 2.03. The number of hydrogen-bond acceptors (Lipinski definition) is 3. The summed E-state index contributed by atoms with van der Waals surface area (Å²) in [6, 6.07) is 15.5. The Morgan fingerprint density at radius 2 is 2.07 bits per heavy atom. The number of piperidine rings is 1. The van der Waals surface area contributed by atoms with Crippen molar-refractivity contribution in [2.45, 2.75) is 12.8 Å². The van der Waals surface area contributed by atoms with E-state index in [1.807, 2.05) is 59.6 Å². The van der Waals surface area contributed by atoms with Crippen molar-refractivity contribution >= 4 is 16.8 Å². The first-order valence-electron chi connectivity index (χ1n) is 9.36. The van der Waals surface area contributed by atoms with Gasteiger partial charge >= 0.3 is 0 Å². The molecule has 1 atom stereocenters. The van der Waals surface area contributed by atoms with Gasteiger partial charge in [-0.25, -0.2) is 0 Å². The monoisotopic (exact) mass is 364 g/mol. The van der Waals surface area contributed by atoms with Crippen LogP contribution in [0.2, 0.25) is 0 Å². The topological polar surface area (TPSA) is 54.6 Å². The number of rotatable bonds is 5. The zero-order valence-corrected chi connectivity index (χ0v) is 15.5. The standard InChI is InChI=1S/C22H24N2O3/c1-26-19-5-2-6-20(13-19)27-15-16-4-3-11-24(14-16)22(25)18-7-8-21-17(12-18)9-10-23-21/h2,5-10,12-13,16,23H,3-4,11,14-15H2,1H3/t16-/m0/s1. The Balaban J connectivity index is 1.39. The molecule has 3 aromatic rings. The summed E-state index contributed by atoms with van der Waals surface area (Å²) in [6.07, 6.45) is 3.97. The van der Waals surface area contributed by atoms with Gasteiger partial charge in [0.2, 0.25) is 0 Å². The van der Waals surface area contributed by atoms with Crippen molar-refractivity contribution in [1.82, 2.24) is 9.88 Å². The molecule has 1 fully saturated rings. The average molecular weight is 364 g/mol. The smallest absolute Gasteiger partial charge is 0.253 e. The third-order valence-electron chi connectivity index (χ3n) is 5.13. The lowest BCUT2D eigenvalue weighted by Gasteiger charge is -2.32. The molecule has 0 saturated carbocycles. The molecule has 4 rings (SSSR count). The number of benzene rings is 2. The molecule has 1 amide bonds. The second-order valence-electron chi connectivity index (χ2n) is 7.03. The Hall–Kier alpha value is -2.95. The lowest BCUT2D eigenvalue weighted by Crippen LogP contribution is -2.41. The van der Waals surface area contributed by atoms with E-state index >= 15 is 0 Å². The second kappa shape index (κ2) is 7.74. The third kappa shape index (κ3) is 3.92. The van der Waals surface area contributed by atoms with Gasteiger partial charge in [0.05, 0.1) is 13.7 Å². The van der Waals surface area contributed by atoms with Crippen LogP contribution in [0.15, 0.2) is 54.7 Å². The maximum Gasteiger partial charge on any atom is 0.253 e. The van der Waals surface area contributed by atoms with E-state index in [1.54, 1.807) is 7.11 Å². The fourth-order valence-corrected chi connectivity index (χ4v) is 3.66. The van der Waals surface area contributed by atoms with Crippen molar-refractivity contribution in [3.8, 4) is 11.5 Å². The van der Waals surface area contributed by atoms with Gasteiger partial charge in [-0.05, 0) is 49.2 Å². The summed E-state index contributed by atoms with van der Waals surface area (Å²) >= 11 is 0. The van der Waals surface area contributed by atoms with E-state index in [1.165, 1.54) is 0 Å². The highest BCUT2D eigenvalue weighted by Crippen LogP contribution is 2.23. The van der Waals surface area contributed by atoms with E-state index in [-0.39, 0.29) is 5.91 Å². The van der Waals surface area contributed by atoms with Crippen molar-refractivity contribution in [3.05, 3.63) is 60.3 Å². The van der Waals surface area contributed by atoms with Gasteiger partial charge in [0.25, 0.3) is 5.91 Å². The molecule has 140 valence electrons. The van der Waals surface area contributed by atoms with Crippen LogP contribution >= 0.6 is 0 Å². The Kier molecular flexibility index (Phi) is 5.01. The highest BCUT2D eigenvalue weighted by Gasteiger charge is 2.25. The number of aromatic nitrogens is 1. The third-order valence-corrected chi connectivity index (χ3v) is 5.13. The van der Waals surface area contributed by atoms with Crippen LogP contribution in [0.25, 0.3) is 10.9 Å². The fourth-order valence-electron chi connectivity index (χ4n) is 3.66. The SMILES string of the molecule is COc1cccc(OC[C@H]2CCCN(C(=O)c3ccc4[nH]ccc4c3)C2)c1. The first-order chi connectivity index (χ1) is 13.2. The molecule has 2 aromatic carbocycles. The molecule has 2 heterocycles. The minimum Gasteiger partial charge on any atom is -0.497 e. The number of methoxy groups -OCH3 is 1. The largest absolute Gasteiger partial charge is 0.497 e. The summed E-state index contributed by atoms with van der Waals surface area (Å²) in [7, 11) is 1.65. The average Bonchev–Trinajstić information content (AvgIpc) is 3.20. The van der Waals surface area contributed by atoms with Gasteiger partial charge in [0.15, 0.2) is 0 Å². The number of H-pyrrole nitrogens is 1. The maximum absolute atomic E-state index is 12.9. The zero-order chi connectivity index (χ0) is 18.6. The highest BCUT2D eigenvalue weighted by molar-refractivity contribution is 5.98. The summed E-state index contributed by atoms with van der Waals surface area (Å²) in [5.41, 5.74) is 1.80. The molecular weight excluding hydrogens is 340 g/mol. The van der Waals surface area contributed by atoms with Crippen molar-refractivity contribution in [3.63, 3.8) is 0 Å². The van der Waals surface area contributed by atoms with Crippen LogP contribution in [-0.2, 0) is 0 Å². The molecule has 1 aliphatic heterocycles. The van der Waals surface area contributed by atoms with Crippen molar-refractivity contribution in [2.75, 3.05) is 26.8 Å². The van der Waals surface area contributed by atoms with E-state index in [9.17, 15) is 4.79 Å². The van der Waals surface area contributed by atoms with Crippen molar-refractivity contribution < 1.29 is 14.3 Å². The molecule has 0 unspecified atom stereocenters. The fraction of sp³-hybridized carbons (Fsp3) is 0.318. The zero-order valence-electron chi connectivity index (χ0n) is 15.5. The Morgan fingerprint density at radius 3 is 2.96 bits per heavy atom. The van der Waals surface area contributed by atoms with Crippen LogP contribution in [0.3, 0.4) is 0 Å². The van der Waals surface area contributed by atoms with E-state index in [0.717, 1.165) is 53.9 Å². The first-order valence-corrected chi connectivity index (χ1v) is 9.36. The normalized spacial score (nSPS) is 17.1. The van der Waals surface area contributed by atoms with Gasteiger partial charge in [0.1, 0.15) is 11.5 Å². The van der Waals surface area contributed by atoms with Crippen molar-refractivity contribution in [2.24, 2.45) is 5.92 Å². The number of amides is 1. The minimum atomic E-state index is 0.101. The van der Waals surface area contributed by atoms with E-state index in [4.69, 9.17) is 9.47 Å². The van der Waals surface area contributed by atoms with Crippen LogP contribution in [-0.4, -0.2) is 42.6 Å². The molecule has 1 aromatic heterocycles. The van der Waals surface area contributed by atoms with Crippen LogP contribution in [0, 0.1) is 5.92 Å². The van der Waals surface area contributed by atoms with Gasteiger partial charge in [-0.1, -0.05) is 6.07 Å². The Morgan fingerprint density at radius 1 is 1.19 bits per heavy atom. The quantitative estimate of drug-likeness (QED) is 0.741. The summed E-state index contributed by atoms with van der Waals surface area (Å²) < 4.78 is 11.2. The summed E-state index contributed by atoms with van der Waals surface area (Å²) in [5, 5.41) is 1.07. The Labute approximate surface area is 158 Å². The van der Waals surface area contributed by atoms with Gasteiger partial charge in [-0.15, -0.1) is 0 Å². The van der Waals surface area contributed by atoms with Gasteiger partial charge in [-0.3, -0.25) is 4.79 Å². The van der Waals surface area contributed by atoms with E-state index < -0.39 is 0 Å². The predicted molar refractivity (Wildman–Crippen MR) is 105 cm³/mol. The lowest BCUT2D eigenvalue weighted by molar-refractivity contribution is 0.0633. The number of hydrogen-bond donors (Lipinski definition) is 1. The molecule has 5 nitrogen and oxygen atoms in total. The predicted octanol–water partition coefficient (Wildman–Crippen LogP) is 4.11.